The molecule has 2 aliphatic rings. The lowest BCUT2D eigenvalue weighted by atomic mass is 10.1. The number of piperidine rings is 1. The van der Waals surface area contributed by atoms with E-state index in [1.165, 1.54) is 4.31 Å². The summed E-state index contributed by atoms with van der Waals surface area (Å²) in [7, 11) is -3.09. The summed E-state index contributed by atoms with van der Waals surface area (Å²) in [5, 5.41) is 7.64. The van der Waals surface area contributed by atoms with Crippen LogP contribution >= 0.6 is 0 Å². The van der Waals surface area contributed by atoms with Crippen LogP contribution < -0.4 is 9.62 Å². The number of rotatable bonds is 2. The van der Waals surface area contributed by atoms with Crippen LogP contribution in [-0.4, -0.2) is 43.6 Å². The highest BCUT2D eigenvalue weighted by atomic mass is 32.2. The smallest absolute Gasteiger partial charge is 0.235 e. The predicted molar refractivity (Wildman–Crippen MR) is 69.1 cm³/mol. The fraction of sp³-hybridized carbons (Fsp3) is 0.727. The molecule has 3 heterocycles. The van der Waals surface area contributed by atoms with Crippen LogP contribution in [0.15, 0.2) is 12.4 Å². The second-order valence-corrected chi connectivity index (χ2v) is 6.91. The highest BCUT2D eigenvalue weighted by Gasteiger charge is 2.29. The minimum absolute atomic E-state index is 0.255. The molecule has 0 atom stereocenters. The molecule has 0 spiro atoms. The Hall–Kier alpha value is -1.08. The Labute approximate surface area is 107 Å². The topological polar surface area (TPSA) is 67.2 Å². The molecule has 0 radical (unpaired) electrons. The van der Waals surface area contributed by atoms with Gasteiger partial charge >= 0.3 is 0 Å². The number of hydrogen-bond acceptors (Lipinski definition) is 4. The average Bonchev–Trinajstić information content (AvgIpc) is 2.96. The normalized spacial score (nSPS) is 24.6. The van der Waals surface area contributed by atoms with Gasteiger partial charge < -0.3 is 5.32 Å². The van der Waals surface area contributed by atoms with Gasteiger partial charge in [0, 0.05) is 12.7 Å². The summed E-state index contributed by atoms with van der Waals surface area (Å²) in [6.45, 7) is 2.59. The number of anilines is 1. The van der Waals surface area contributed by atoms with Crippen molar-refractivity contribution in [2.24, 2.45) is 0 Å². The van der Waals surface area contributed by atoms with E-state index in [4.69, 9.17) is 0 Å². The SMILES string of the molecule is O=S1(=O)CCCN1c1cnn(C2CCNCC2)c1. The number of aromatic nitrogens is 2. The molecular weight excluding hydrogens is 252 g/mol. The quantitative estimate of drug-likeness (QED) is 0.842. The third kappa shape index (κ3) is 2.12. The summed E-state index contributed by atoms with van der Waals surface area (Å²) in [4.78, 5) is 0. The van der Waals surface area contributed by atoms with E-state index in [0.717, 1.165) is 25.9 Å². The van der Waals surface area contributed by atoms with Crippen LogP contribution in [0.4, 0.5) is 5.69 Å². The van der Waals surface area contributed by atoms with Gasteiger partial charge in [-0.25, -0.2) is 8.42 Å². The van der Waals surface area contributed by atoms with Gasteiger partial charge in [-0.15, -0.1) is 0 Å². The molecule has 2 fully saturated rings. The Bertz CT molecular complexity index is 519. The molecule has 2 aliphatic heterocycles. The molecular formula is C11H18N4O2S. The van der Waals surface area contributed by atoms with Crippen LogP contribution in [0.3, 0.4) is 0 Å². The van der Waals surface area contributed by atoms with Gasteiger partial charge in [-0.2, -0.15) is 5.10 Å². The summed E-state index contributed by atoms with van der Waals surface area (Å²) in [6.07, 6.45) is 6.35. The molecule has 1 aromatic heterocycles. The summed E-state index contributed by atoms with van der Waals surface area (Å²) >= 11 is 0. The summed E-state index contributed by atoms with van der Waals surface area (Å²) in [5.41, 5.74) is 0.714. The fourth-order valence-electron chi connectivity index (χ4n) is 2.66. The molecule has 2 saturated heterocycles. The molecule has 1 N–H and O–H groups in total. The Morgan fingerprint density at radius 1 is 1.33 bits per heavy atom. The third-order valence-corrected chi connectivity index (χ3v) is 5.53. The number of nitrogens with zero attached hydrogens (tertiary/aromatic N) is 3. The number of nitrogens with one attached hydrogen (secondary N) is 1. The lowest BCUT2D eigenvalue weighted by molar-refractivity contribution is 0.343. The number of hydrogen-bond donors (Lipinski definition) is 1. The van der Waals surface area contributed by atoms with E-state index in [1.807, 2.05) is 10.9 Å². The first-order valence-electron chi connectivity index (χ1n) is 6.42. The lowest BCUT2D eigenvalue weighted by Crippen LogP contribution is -2.29. The summed E-state index contributed by atoms with van der Waals surface area (Å²) < 4.78 is 27.1. The Kier molecular flexibility index (Phi) is 3.03. The van der Waals surface area contributed by atoms with Crippen molar-refractivity contribution < 1.29 is 8.42 Å². The van der Waals surface area contributed by atoms with Crippen LogP contribution in [-0.2, 0) is 10.0 Å². The van der Waals surface area contributed by atoms with Crippen molar-refractivity contribution in [2.75, 3.05) is 29.7 Å². The fourth-order valence-corrected chi connectivity index (χ4v) is 4.19. The highest BCUT2D eigenvalue weighted by molar-refractivity contribution is 7.93. The first-order valence-corrected chi connectivity index (χ1v) is 8.03. The van der Waals surface area contributed by atoms with Crippen LogP contribution in [0, 0.1) is 0 Å². The standard InChI is InChI=1S/C11H18N4O2S/c16-18(17)7-1-6-15(18)11-8-13-14(9-11)10-2-4-12-5-3-10/h8-10,12H,1-7H2. The molecule has 0 amide bonds. The van der Waals surface area contributed by atoms with Crippen molar-refractivity contribution in [3.8, 4) is 0 Å². The van der Waals surface area contributed by atoms with Crippen molar-refractivity contribution >= 4 is 15.7 Å². The molecule has 100 valence electrons. The Morgan fingerprint density at radius 2 is 2.11 bits per heavy atom. The Morgan fingerprint density at radius 3 is 2.78 bits per heavy atom. The maximum absolute atomic E-state index is 11.8. The van der Waals surface area contributed by atoms with Crippen molar-refractivity contribution in [3.05, 3.63) is 12.4 Å². The van der Waals surface area contributed by atoms with Crippen molar-refractivity contribution in [1.29, 1.82) is 0 Å². The molecule has 0 saturated carbocycles. The van der Waals surface area contributed by atoms with Gasteiger partial charge in [0.1, 0.15) is 0 Å². The van der Waals surface area contributed by atoms with Crippen molar-refractivity contribution in [3.63, 3.8) is 0 Å². The van der Waals surface area contributed by atoms with Gasteiger partial charge in [0.05, 0.1) is 23.7 Å². The van der Waals surface area contributed by atoms with Crippen molar-refractivity contribution in [1.82, 2.24) is 15.1 Å². The maximum Gasteiger partial charge on any atom is 0.235 e. The van der Waals surface area contributed by atoms with E-state index in [2.05, 4.69) is 10.4 Å². The molecule has 3 rings (SSSR count). The molecule has 7 heteroatoms. The van der Waals surface area contributed by atoms with E-state index in [0.29, 0.717) is 24.7 Å². The van der Waals surface area contributed by atoms with Crippen LogP contribution in [0.25, 0.3) is 0 Å². The lowest BCUT2D eigenvalue weighted by Gasteiger charge is -2.23. The Balaban J connectivity index is 1.81. The minimum atomic E-state index is -3.09. The van der Waals surface area contributed by atoms with Crippen LogP contribution in [0.5, 0.6) is 0 Å². The van der Waals surface area contributed by atoms with Gasteiger partial charge in [0.25, 0.3) is 0 Å². The van der Waals surface area contributed by atoms with E-state index < -0.39 is 10.0 Å². The summed E-state index contributed by atoms with van der Waals surface area (Å²) in [5.74, 6) is 0.255. The van der Waals surface area contributed by atoms with E-state index in [9.17, 15) is 8.42 Å². The van der Waals surface area contributed by atoms with E-state index in [-0.39, 0.29) is 5.75 Å². The molecule has 18 heavy (non-hydrogen) atoms. The first-order chi connectivity index (χ1) is 8.67. The molecule has 0 aliphatic carbocycles. The molecule has 6 nitrogen and oxygen atoms in total. The largest absolute Gasteiger partial charge is 0.317 e. The number of sulfonamides is 1. The van der Waals surface area contributed by atoms with Gasteiger partial charge in [-0.1, -0.05) is 0 Å². The van der Waals surface area contributed by atoms with E-state index in [1.54, 1.807) is 6.20 Å². The van der Waals surface area contributed by atoms with Crippen molar-refractivity contribution in [2.45, 2.75) is 25.3 Å². The van der Waals surface area contributed by atoms with Gasteiger partial charge in [-0.05, 0) is 32.4 Å². The first kappa shape index (κ1) is 12.0. The monoisotopic (exact) mass is 270 g/mol. The third-order valence-electron chi connectivity index (χ3n) is 3.66. The second-order valence-electron chi connectivity index (χ2n) is 4.90. The zero-order chi connectivity index (χ0) is 12.6. The van der Waals surface area contributed by atoms with Gasteiger partial charge in [-0.3, -0.25) is 8.99 Å². The molecule has 0 aromatic carbocycles. The zero-order valence-corrected chi connectivity index (χ0v) is 11.1. The van der Waals surface area contributed by atoms with Gasteiger partial charge in [0.15, 0.2) is 0 Å². The molecule has 0 bridgehead atoms. The predicted octanol–water partition coefficient (Wildman–Crippen LogP) is 0.347. The molecule has 1 aromatic rings. The maximum atomic E-state index is 11.8. The summed E-state index contributed by atoms with van der Waals surface area (Å²) in [6, 6.07) is 0.394. The highest BCUT2D eigenvalue weighted by Crippen LogP contribution is 2.26. The van der Waals surface area contributed by atoms with Gasteiger partial charge in [0.2, 0.25) is 10.0 Å². The van der Waals surface area contributed by atoms with E-state index >= 15 is 0 Å². The van der Waals surface area contributed by atoms with Crippen LogP contribution in [0.1, 0.15) is 25.3 Å². The van der Waals surface area contributed by atoms with Crippen LogP contribution in [0.2, 0.25) is 0 Å². The molecule has 0 unspecified atom stereocenters. The average molecular weight is 270 g/mol. The zero-order valence-electron chi connectivity index (χ0n) is 10.2. The minimum Gasteiger partial charge on any atom is -0.317 e. The second kappa shape index (κ2) is 4.55.